The standard InChI is InChI=1S/C22H20FN3O2/c1-13-11-14(2)20(15(3)12-13)26-22(28)19-6-4-5-18(25-19)21(27)24-17-9-7-16(23)8-10-17/h4-12H,1-3H3,(H,24,27)(H,26,28). The van der Waals surface area contributed by atoms with Gasteiger partial charge in [-0.05, 0) is 68.3 Å². The average Bonchev–Trinajstić information content (AvgIpc) is 2.66. The first kappa shape index (κ1) is 19.2. The van der Waals surface area contributed by atoms with Gasteiger partial charge in [-0.1, -0.05) is 23.8 Å². The van der Waals surface area contributed by atoms with E-state index in [2.05, 4.69) is 15.6 Å². The summed E-state index contributed by atoms with van der Waals surface area (Å²) in [6.45, 7) is 5.85. The molecule has 0 bridgehead atoms. The van der Waals surface area contributed by atoms with E-state index in [1.54, 1.807) is 12.1 Å². The van der Waals surface area contributed by atoms with Crippen LogP contribution in [0.15, 0.2) is 54.6 Å². The summed E-state index contributed by atoms with van der Waals surface area (Å²) in [6, 6.07) is 14.0. The highest BCUT2D eigenvalue weighted by Gasteiger charge is 2.15. The third kappa shape index (κ3) is 4.40. The number of benzene rings is 2. The summed E-state index contributed by atoms with van der Waals surface area (Å²) in [6.07, 6.45) is 0. The van der Waals surface area contributed by atoms with Gasteiger partial charge in [0.05, 0.1) is 0 Å². The second kappa shape index (κ2) is 8.00. The van der Waals surface area contributed by atoms with Crippen LogP contribution in [-0.2, 0) is 0 Å². The normalized spacial score (nSPS) is 10.4. The van der Waals surface area contributed by atoms with Crippen molar-refractivity contribution < 1.29 is 14.0 Å². The quantitative estimate of drug-likeness (QED) is 0.695. The fourth-order valence-electron chi connectivity index (χ4n) is 2.97. The summed E-state index contributed by atoms with van der Waals surface area (Å²) < 4.78 is 13.0. The molecule has 0 atom stereocenters. The van der Waals surface area contributed by atoms with E-state index in [9.17, 15) is 14.0 Å². The highest BCUT2D eigenvalue weighted by atomic mass is 19.1. The number of amides is 2. The number of aryl methyl sites for hydroxylation is 3. The first-order chi connectivity index (χ1) is 13.3. The van der Waals surface area contributed by atoms with E-state index < -0.39 is 17.6 Å². The molecule has 28 heavy (non-hydrogen) atoms. The molecule has 0 saturated heterocycles. The van der Waals surface area contributed by atoms with Crippen molar-refractivity contribution in [3.63, 3.8) is 0 Å². The van der Waals surface area contributed by atoms with Gasteiger partial charge in [0, 0.05) is 11.4 Å². The Labute approximate surface area is 162 Å². The largest absolute Gasteiger partial charge is 0.321 e. The van der Waals surface area contributed by atoms with Gasteiger partial charge < -0.3 is 10.6 Å². The Kier molecular flexibility index (Phi) is 5.49. The molecule has 2 N–H and O–H groups in total. The van der Waals surface area contributed by atoms with Crippen molar-refractivity contribution in [2.75, 3.05) is 10.6 Å². The Balaban J connectivity index is 1.78. The number of pyridine rings is 1. The lowest BCUT2D eigenvalue weighted by atomic mass is 10.0. The van der Waals surface area contributed by atoms with E-state index in [0.717, 1.165) is 22.4 Å². The van der Waals surface area contributed by atoms with Crippen molar-refractivity contribution in [1.29, 1.82) is 0 Å². The SMILES string of the molecule is Cc1cc(C)c(NC(=O)c2cccc(C(=O)Nc3ccc(F)cc3)n2)c(C)c1. The van der Waals surface area contributed by atoms with Crippen LogP contribution in [-0.4, -0.2) is 16.8 Å². The highest BCUT2D eigenvalue weighted by Crippen LogP contribution is 2.22. The molecule has 0 fully saturated rings. The number of carbonyl (C=O) groups excluding carboxylic acids is 2. The fraction of sp³-hybridized carbons (Fsp3) is 0.136. The number of carbonyl (C=O) groups is 2. The second-order valence-electron chi connectivity index (χ2n) is 6.60. The molecule has 0 saturated carbocycles. The monoisotopic (exact) mass is 377 g/mol. The van der Waals surface area contributed by atoms with E-state index in [1.165, 1.54) is 30.3 Å². The lowest BCUT2D eigenvalue weighted by molar-refractivity contribution is 0.101. The van der Waals surface area contributed by atoms with Gasteiger partial charge in [0.25, 0.3) is 11.8 Å². The van der Waals surface area contributed by atoms with Crippen LogP contribution in [0.1, 0.15) is 37.7 Å². The van der Waals surface area contributed by atoms with E-state index in [4.69, 9.17) is 0 Å². The van der Waals surface area contributed by atoms with Gasteiger partial charge >= 0.3 is 0 Å². The minimum Gasteiger partial charge on any atom is -0.321 e. The number of anilines is 2. The summed E-state index contributed by atoms with van der Waals surface area (Å²) in [7, 11) is 0. The first-order valence-electron chi connectivity index (χ1n) is 8.76. The molecule has 5 nitrogen and oxygen atoms in total. The molecule has 0 radical (unpaired) electrons. The number of hydrogen-bond donors (Lipinski definition) is 2. The molecule has 0 unspecified atom stereocenters. The van der Waals surface area contributed by atoms with Crippen molar-refractivity contribution in [2.45, 2.75) is 20.8 Å². The molecular formula is C22H20FN3O2. The zero-order valence-electron chi connectivity index (χ0n) is 15.8. The molecule has 3 rings (SSSR count). The fourth-order valence-corrected chi connectivity index (χ4v) is 2.97. The van der Waals surface area contributed by atoms with Crippen molar-refractivity contribution in [3.05, 3.63) is 88.5 Å². The van der Waals surface area contributed by atoms with Gasteiger partial charge in [0.1, 0.15) is 17.2 Å². The number of aromatic nitrogens is 1. The highest BCUT2D eigenvalue weighted by molar-refractivity contribution is 6.06. The number of hydrogen-bond acceptors (Lipinski definition) is 3. The summed E-state index contributed by atoms with van der Waals surface area (Å²) >= 11 is 0. The van der Waals surface area contributed by atoms with Gasteiger partial charge in [-0.3, -0.25) is 9.59 Å². The van der Waals surface area contributed by atoms with Crippen LogP contribution < -0.4 is 10.6 Å². The summed E-state index contributed by atoms with van der Waals surface area (Å²) in [5.41, 5.74) is 4.42. The Bertz CT molecular complexity index is 1020. The third-order valence-electron chi connectivity index (χ3n) is 4.23. The Morgan fingerprint density at radius 1 is 0.821 bits per heavy atom. The van der Waals surface area contributed by atoms with Gasteiger partial charge in [0.2, 0.25) is 0 Å². The summed E-state index contributed by atoms with van der Waals surface area (Å²) in [5, 5.41) is 5.50. The van der Waals surface area contributed by atoms with Crippen molar-refractivity contribution >= 4 is 23.2 Å². The van der Waals surface area contributed by atoms with Crippen molar-refractivity contribution in [3.8, 4) is 0 Å². The Hall–Kier alpha value is -3.54. The number of rotatable bonds is 4. The predicted octanol–water partition coefficient (Wildman–Crippen LogP) is 4.65. The molecule has 142 valence electrons. The van der Waals surface area contributed by atoms with Gasteiger partial charge in [-0.25, -0.2) is 9.37 Å². The third-order valence-corrected chi connectivity index (χ3v) is 4.23. The first-order valence-corrected chi connectivity index (χ1v) is 8.76. The van der Waals surface area contributed by atoms with Crippen LogP contribution in [0.4, 0.5) is 15.8 Å². The van der Waals surface area contributed by atoms with Crippen molar-refractivity contribution in [1.82, 2.24) is 4.98 Å². The summed E-state index contributed by atoms with van der Waals surface area (Å²) in [4.78, 5) is 29.2. The second-order valence-corrected chi connectivity index (χ2v) is 6.60. The molecular weight excluding hydrogens is 357 g/mol. The van der Waals surface area contributed by atoms with Crippen LogP contribution in [0.2, 0.25) is 0 Å². The molecule has 1 aromatic heterocycles. The maximum absolute atomic E-state index is 13.0. The molecule has 0 spiro atoms. The van der Waals surface area contributed by atoms with Crippen LogP contribution in [0.5, 0.6) is 0 Å². The Morgan fingerprint density at radius 3 is 1.93 bits per heavy atom. The number of halogens is 1. The minimum atomic E-state index is -0.482. The summed E-state index contributed by atoms with van der Waals surface area (Å²) in [5.74, 6) is -1.27. The van der Waals surface area contributed by atoms with E-state index in [0.29, 0.717) is 5.69 Å². The number of nitrogens with zero attached hydrogens (tertiary/aromatic N) is 1. The van der Waals surface area contributed by atoms with Crippen LogP contribution >= 0.6 is 0 Å². The zero-order valence-corrected chi connectivity index (χ0v) is 15.8. The lowest BCUT2D eigenvalue weighted by Gasteiger charge is -2.13. The number of nitrogens with one attached hydrogen (secondary N) is 2. The topological polar surface area (TPSA) is 71.1 Å². The molecule has 2 aromatic carbocycles. The molecule has 0 aliphatic carbocycles. The van der Waals surface area contributed by atoms with E-state index >= 15 is 0 Å². The molecule has 0 aliphatic rings. The Morgan fingerprint density at radius 2 is 1.36 bits per heavy atom. The van der Waals surface area contributed by atoms with E-state index in [1.807, 2.05) is 32.9 Å². The molecule has 0 aliphatic heterocycles. The minimum absolute atomic E-state index is 0.0920. The van der Waals surface area contributed by atoms with Crippen LogP contribution in [0.3, 0.4) is 0 Å². The van der Waals surface area contributed by atoms with Gasteiger partial charge in [0.15, 0.2) is 0 Å². The van der Waals surface area contributed by atoms with Crippen molar-refractivity contribution in [2.24, 2.45) is 0 Å². The molecule has 1 heterocycles. The van der Waals surface area contributed by atoms with Gasteiger partial charge in [-0.15, -0.1) is 0 Å². The maximum atomic E-state index is 13.0. The lowest BCUT2D eigenvalue weighted by Crippen LogP contribution is -2.19. The zero-order chi connectivity index (χ0) is 20.3. The average molecular weight is 377 g/mol. The molecule has 6 heteroatoms. The van der Waals surface area contributed by atoms with Crippen LogP contribution in [0, 0.1) is 26.6 Å². The van der Waals surface area contributed by atoms with E-state index in [-0.39, 0.29) is 11.4 Å². The maximum Gasteiger partial charge on any atom is 0.274 e. The smallest absolute Gasteiger partial charge is 0.274 e. The molecule has 3 aromatic rings. The van der Waals surface area contributed by atoms with Crippen LogP contribution in [0.25, 0.3) is 0 Å². The predicted molar refractivity (Wildman–Crippen MR) is 107 cm³/mol. The van der Waals surface area contributed by atoms with Gasteiger partial charge in [-0.2, -0.15) is 0 Å². The molecule has 2 amide bonds.